The molecule has 2 saturated heterocycles. The van der Waals surface area contributed by atoms with Crippen molar-refractivity contribution in [2.24, 2.45) is 0 Å². The van der Waals surface area contributed by atoms with Crippen molar-refractivity contribution in [3.63, 3.8) is 0 Å². The second-order valence-electron chi connectivity index (χ2n) is 11.3. The van der Waals surface area contributed by atoms with E-state index in [2.05, 4.69) is 50.7 Å². The molecule has 0 aliphatic carbocycles. The van der Waals surface area contributed by atoms with E-state index in [0.717, 1.165) is 69.6 Å². The van der Waals surface area contributed by atoms with Crippen LogP contribution in [-0.2, 0) is 9.84 Å². The van der Waals surface area contributed by atoms with Crippen molar-refractivity contribution in [3.8, 4) is 0 Å². The third-order valence-electron chi connectivity index (χ3n) is 8.48. The average molecular weight is 606 g/mol. The number of hydrogen-bond acceptors (Lipinski definition) is 8. The van der Waals surface area contributed by atoms with E-state index in [1.165, 1.54) is 41.3 Å². The lowest BCUT2D eigenvalue weighted by Crippen LogP contribution is -2.45. The number of carbonyl (C=O) groups is 1. The van der Waals surface area contributed by atoms with Crippen LogP contribution in [0.25, 0.3) is 10.9 Å². The Hall–Kier alpha value is -4.00. The molecule has 3 aromatic carbocycles. The number of anilines is 2. The molecule has 1 aromatic heterocycles. The van der Waals surface area contributed by atoms with Gasteiger partial charge in [-0.05, 0) is 82.0 Å². The van der Waals surface area contributed by atoms with E-state index in [-0.39, 0.29) is 15.7 Å². The summed E-state index contributed by atoms with van der Waals surface area (Å²) in [5.74, 6) is -0.960. The minimum Gasteiger partial charge on any atom is -0.381 e. The zero-order chi connectivity index (χ0) is 30.1. The number of fused-ring (bicyclic) bond motifs is 1. The number of nitrogens with zero attached hydrogens (tertiary/aromatic N) is 5. The first kappa shape index (κ1) is 29.1. The molecule has 226 valence electrons. The summed E-state index contributed by atoms with van der Waals surface area (Å²) >= 11 is 0. The van der Waals surface area contributed by atoms with E-state index in [0.29, 0.717) is 22.5 Å². The van der Waals surface area contributed by atoms with Gasteiger partial charge in [-0.15, -0.1) is 0 Å². The summed E-state index contributed by atoms with van der Waals surface area (Å²) in [4.78, 5) is 22.0. The van der Waals surface area contributed by atoms with Gasteiger partial charge in [0.05, 0.1) is 38.4 Å². The van der Waals surface area contributed by atoms with Gasteiger partial charge in [-0.25, -0.2) is 18.2 Å². The number of sulfone groups is 1. The Morgan fingerprint density at radius 2 is 1.74 bits per heavy atom. The van der Waals surface area contributed by atoms with E-state index in [1.807, 2.05) is 12.1 Å². The monoisotopic (exact) mass is 605 g/mol. The van der Waals surface area contributed by atoms with Gasteiger partial charge in [-0.1, -0.05) is 12.1 Å². The number of halogens is 1. The number of aromatic nitrogens is 2. The van der Waals surface area contributed by atoms with Crippen molar-refractivity contribution >= 4 is 38.0 Å². The molecule has 2 fully saturated rings. The number of likely N-dealkylation sites (tertiary alicyclic amines) is 1. The van der Waals surface area contributed by atoms with Gasteiger partial charge < -0.3 is 20.0 Å². The summed E-state index contributed by atoms with van der Waals surface area (Å²) in [7, 11) is 0.316. The first-order valence-corrected chi connectivity index (χ1v) is 16.0. The Morgan fingerprint density at radius 1 is 0.977 bits per heavy atom. The predicted molar refractivity (Wildman–Crippen MR) is 166 cm³/mol. The minimum atomic E-state index is -3.94. The van der Waals surface area contributed by atoms with Gasteiger partial charge in [0.25, 0.3) is 5.91 Å². The van der Waals surface area contributed by atoms with Crippen LogP contribution in [-0.4, -0.2) is 93.4 Å². The number of para-hydroxylation sites is 1. The van der Waals surface area contributed by atoms with E-state index in [1.54, 1.807) is 6.07 Å². The number of amides is 1. The highest BCUT2D eigenvalue weighted by molar-refractivity contribution is 7.91. The van der Waals surface area contributed by atoms with Gasteiger partial charge in [-0.2, -0.15) is 9.89 Å². The van der Waals surface area contributed by atoms with E-state index in [4.69, 9.17) is 0 Å². The number of carbonyl (C=O) groups excluding carboxylic acids is 1. The maximum Gasteiger partial charge on any atom is 0.273 e. The van der Waals surface area contributed by atoms with Crippen molar-refractivity contribution in [1.29, 1.82) is 0 Å². The molecule has 2 aliphatic heterocycles. The molecular formula is C31H36FN7O3S. The topological polar surface area (TPSA) is 103 Å². The average Bonchev–Trinajstić information content (AvgIpc) is 3.61. The Labute approximate surface area is 251 Å². The third-order valence-corrected chi connectivity index (χ3v) is 10.2. The normalized spacial score (nSPS) is 18.3. The second-order valence-corrected chi connectivity index (χ2v) is 13.3. The molecule has 3 heterocycles. The number of rotatable bonds is 8. The van der Waals surface area contributed by atoms with Crippen LogP contribution >= 0.6 is 0 Å². The summed E-state index contributed by atoms with van der Waals surface area (Å²) in [6, 6.07) is 15.6. The quantitative estimate of drug-likeness (QED) is 0.314. The zero-order valence-electron chi connectivity index (χ0n) is 24.3. The highest BCUT2D eigenvalue weighted by Crippen LogP contribution is 2.32. The van der Waals surface area contributed by atoms with Crippen LogP contribution in [0.3, 0.4) is 0 Å². The molecule has 10 nitrogen and oxygen atoms in total. The summed E-state index contributed by atoms with van der Waals surface area (Å²) in [6.45, 7) is 5.41. The van der Waals surface area contributed by atoms with Gasteiger partial charge in [0, 0.05) is 44.2 Å². The van der Waals surface area contributed by atoms with E-state index < -0.39 is 15.7 Å². The third kappa shape index (κ3) is 5.95. The van der Waals surface area contributed by atoms with Gasteiger partial charge in [0.15, 0.2) is 0 Å². The molecule has 6 rings (SSSR count). The highest BCUT2D eigenvalue weighted by Gasteiger charge is 2.26. The maximum absolute atomic E-state index is 13.8. The fraction of sp³-hybridized carbons (Fsp3) is 0.355. The molecule has 2 N–H and O–H groups in total. The summed E-state index contributed by atoms with van der Waals surface area (Å²) in [5.41, 5.74) is 5.72. The molecule has 1 amide bonds. The van der Waals surface area contributed by atoms with Crippen molar-refractivity contribution in [1.82, 2.24) is 19.7 Å². The van der Waals surface area contributed by atoms with Crippen molar-refractivity contribution in [2.45, 2.75) is 28.7 Å². The summed E-state index contributed by atoms with van der Waals surface area (Å²) < 4.78 is 39.9. The number of nitrogens with one attached hydrogen (secondary N) is 2. The fourth-order valence-corrected chi connectivity index (χ4v) is 7.20. The summed E-state index contributed by atoms with van der Waals surface area (Å²) in [6.07, 6.45) is 3.77. The SMILES string of the molecule is CN1CCN(c2cccc(C(=O)Nn3ncc4cc(S(=O)(=O)c5cccc(F)c5)ccc43)c2NCC2CCCN2C)CC1. The molecular weight excluding hydrogens is 569 g/mol. The molecule has 0 spiro atoms. The number of piperazine rings is 1. The van der Waals surface area contributed by atoms with Crippen LogP contribution in [0, 0.1) is 5.82 Å². The lowest BCUT2D eigenvalue weighted by Gasteiger charge is -2.36. The maximum atomic E-state index is 13.8. The molecule has 1 unspecified atom stereocenters. The lowest BCUT2D eigenvalue weighted by atomic mass is 10.1. The van der Waals surface area contributed by atoms with Crippen LogP contribution in [0.1, 0.15) is 23.2 Å². The number of hydrogen-bond donors (Lipinski definition) is 2. The number of likely N-dealkylation sites (N-methyl/N-ethyl adjacent to an activating group) is 2. The van der Waals surface area contributed by atoms with Crippen LogP contribution in [0.2, 0.25) is 0 Å². The van der Waals surface area contributed by atoms with Crippen molar-refractivity contribution in [2.75, 3.05) is 69.0 Å². The minimum absolute atomic E-state index is 0.0136. The molecule has 0 radical (unpaired) electrons. The Morgan fingerprint density at radius 3 is 2.49 bits per heavy atom. The van der Waals surface area contributed by atoms with Crippen molar-refractivity contribution in [3.05, 3.63) is 78.2 Å². The smallest absolute Gasteiger partial charge is 0.273 e. The molecule has 1 atom stereocenters. The molecule has 0 bridgehead atoms. The van der Waals surface area contributed by atoms with Gasteiger partial charge in [0.2, 0.25) is 9.84 Å². The van der Waals surface area contributed by atoms with Crippen molar-refractivity contribution < 1.29 is 17.6 Å². The molecule has 4 aromatic rings. The molecule has 2 aliphatic rings. The molecule has 43 heavy (non-hydrogen) atoms. The highest BCUT2D eigenvalue weighted by atomic mass is 32.2. The van der Waals surface area contributed by atoms with Gasteiger partial charge >= 0.3 is 0 Å². The first-order valence-electron chi connectivity index (χ1n) is 14.5. The van der Waals surface area contributed by atoms with Gasteiger partial charge in [0.1, 0.15) is 5.82 Å². The van der Waals surface area contributed by atoms with Crippen LogP contribution in [0.5, 0.6) is 0 Å². The molecule has 0 saturated carbocycles. The zero-order valence-corrected chi connectivity index (χ0v) is 25.1. The Kier molecular flexibility index (Phi) is 8.08. The van der Waals surface area contributed by atoms with E-state index >= 15 is 0 Å². The molecule has 12 heteroatoms. The fourth-order valence-electron chi connectivity index (χ4n) is 5.88. The van der Waals surface area contributed by atoms with Gasteiger partial charge in [-0.3, -0.25) is 4.79 Å². The predicted octanol–water partition coefficient (Wildman–Crippen LogP) is 3.65. The summed E-state index contributed by atoms with van der Waals surface area (Å²) in [5, 5.41) is 8.47. The van der Waals surface area contributed by atoms with E-state index in [9.17, 15) is 17.6 Å². The first-order chi connectivity index (χ1) is 20.7. The Bertz CT molecular complexity index is 1750. The number of benzene rings is 3. The largest absolute Gasteiger partial charge is 0.381 e. The lowest BCUT2D eigenvalue weighted by molar-refractivity contribution is 0.101. The standard InChI is InChI=1S/C31H36FN7O3S/c1-36-14-16-38(17-15-36)29-10-4-9-27(30(29)33-21-24-7-5-13-37(24)2)31(40)35-39-28-12-11-26(18-22(28)20-34-39)43(41,42)25-8-3-6-23(32)19-25/h3-4,6,8-12,18-20,24,33H,5,7,13-17,21H2,1-2H3,(H,35,40). The van der Waals surface area contributed by atoms with Crippen LogP contribution < -0.4 is 15.6 Å². The van der Waals surface area contributed by atoms with Crippen LogP contribution in [0.15, 0.2) is 76.7 Å². The Balaban J connectivity index is 1.28. The van der Waals surface area contributed by atoms with Crippen LogP contribution in [0.4, 0.5) is 15.8 Å². The second kappa shape index (κ2) is 11.9.